The summed E-state index contributed by atoms with van der Waals surface area (Å²) in [5.74, 6) is 2.13. The van der Waals surface area contributed by atoms with E-state index in [1.54, 1.807) is 7.11 Å². The van der Waals surface area contributed by atoms with Gasteiger partial charge in [0.2, 0.25) is 12.7 Å². The Labute approximate surface area is 180 Å². The zero-order valence-electron chi connectivity index (χ0n) is 17.3. The highest BCUT2D eigenvalue weighted by molar-refractivity contribution is 6.02. The molecular formula is C25H24N2O4. The Morgan fingerprint density at radius 2 is 1.84 bits per heavy atom. The van der Waals surface area contributed by atoms with Crippen LogP contribution in [-0.2, 0) is 16.8 Å². The van der Waals surface area contributed by atoms with E-state index in [0.29, 0.717) is 12.3 Å². The summed E-state index contributed by atoms with van der Waals surface area (Å²) in [4.78, 5) is 13.3. The van der Waals surface area contributed by atoms with Gasteiger partial charge in [-0.1, -0.05) is 30.3 Å². The number of fused-ring (bicyclic) bond motifs is 1. The van der Waals surface area contributed by atoms with Crippen LogP contribution in [0.25, 0.3) is 11.1 Å². The lowest BCUT2D eigenvalue weighted by Crippen LogP contribution is -2.27. The highest BCUT2D eigenvalue weighted by Crippen LogP contribution is 2.51. The van der Waals surface area contributed by atoms with Crippen molar-refractivity contribution in [2.45, 2.75) is 24.8 Å². The van der Waals surface area contributed by atoms with Gasteiger partial charge in [-0.25, -0.2) is 0 Å². The average Bonchev–Trinajstić information content (AvgIpc) is 3.50. The van der Waals surface area contributed by atoms with Crippen molar-refractivity contribution in [1.29, 1.82) is 0 Å². The number of nitrogens with one attached hydrogen (secondary N) is 1. The molecule has 0 saturated heterocycles. The smallest absolute Gasteiger partial charge is 0.235 e. The van der Waals surface area contributed by atoms with E-state index in [2.05, 4.69) is 5.32 Å². The maximum atomic E-state index is 13.3. The van der Waals surface area contributed by atoms with Crippen molar-refractivity contribution in [1.82, 2.24) is 0 Å². The number of carbonyl (C=O) groups is 1. The Hall–Kier alpha value is -3.51. The van der Waals surface area contributed by atoms with Crippen LogP contribution in [0.4, 0.5) is 5.69 Å². The number of nitrogens with two attached hydrogens (primary N) is 1. The van der Waals surface area contributed by atoms with Crippen LogP contribution < -0.4 is 25.3 Å². The summed E-state index contributed by atoms with van der Waals surface area (Å²) in [5, 5.41) is 3.11. The van der Waals surface area contributed by atoms with Crippen molar-refractivity contribution in [3.63, 3.8) is 0 Å². The largest absolute Gasteiger partial charge is 0.496 e. The number of anilines is 1. The number of methoxy groups -OCH3 is 1. The van der Waals surface area contributed by atoms with E-state index in [-0.39, 0.29) is 12.7 Å². The summed E-state index contributed by atoms with van der Waals surface area (Å²) in [7, 11) is 1.64. The molecule has 6 nitrogen and oxygen atoms in total. The third-order valence-electron chi connectivity index (χ3n) is 6.09. The molecule has 1 aliphatic heterocycles. The summed E-state index contributed by atoms with van der Waals surface area (Å²) in [5.41, 5.74) is 9.99. The topological polar surface area (TPSA) is 82.8 Å². The van der Waals surface area contributed by atoms with E-state index < -0.39 is 5.41 Å². The Morgan fingerprint density at radius 1 is 1.03 bits per heavy atom. The number of hydrogen-bond acceptors (Lipinski definition) is 5. The third kappa shape index (κ3) is 3.39. The predicted molar refractivity (Wildman–Crippen MR) is 118 cm³/mol. The first kappa shape index (κ1) is 19.5. The number of benzene rings is 3. The summed E-state index contributed by atoms with van der Waals surface area (Å²) in [6.07, 6.45) is 1.61. The van der Waals surface area contributed by atoms with Gasteiger partial charge in [0.15, 0.2) is 11.5 Å². The molecule has 31 heavy (non-hydrogen) atoms. The quantitative estimate of drug-likeness (QED) is 0.629. The minimum atomic E-state index is -0.532. The second-order valence-electron chi connectivity index (χ2n) is 7.88. The van der Waals surface area contributed by atoms with Gasteiger partial charge in [0.1, 0.15) is 5.75 Å². The zero-order chi connectivity index (χ0) is 21.4. The number of amides is 1. The molecule has 6 heteroatoms. The van der Waals surface area contributed by atoms with E-state index in [1.807, 2.05) is 60.7 Å². The van der Waals surface area contributed by atoms with Crippen LogP contribution in [0.5, 0.6) is 17.2 Å². The van der Waals surface area contributed by atoms with Crippen molar-refractivity contribution in [3.8, 4) is 28.4 Å². The van der Waals surface area contributed by atoms with Crippen LogP contribution in [0.15, 0.2) is 60.7 Å². The lowest BCUT2D eigenvalue weighted by molar-refractivity contribution is -0.118. The summed E-state index contributed by atoms with van der Waals surface area (Å²) in [6, 6.07) is 19.4. The lowest BCUT2D eigenvalue weighted by atomic mass is 9.94. The second kappa shape index (κ2) is 7.63. The summed E-state index contributed by atoms with van der Waals surface area (Å²) in [6.45, 7) is 0.639. The van der Waals surface area contributed by atoms with Gasteiger partial charge >= 0.3 is 0 Å². The van der Waals surface area contributed by atoms with Crippen molar-refractivity contribution in [3.05, 3.63) is 71.8 Å². The van der Waals surface area contributed by atoms with Crippen molar-refractivity contribution in [2.24, 2.45) is 5.73 Å². The first-order valence-corrected chi connectivity index (χ1v) is 10.3. The van der Waals surface area contributed by atoms with Crippen LogP contribution in [0, 0.1) is 0 Å². The molecule has 0 unspecified atom stereocenters. The molecule has 3 aromatic carbocycles. The summed E-state index contributed by atoms with van der Waals surface area (Å²) >= 11 is 0. The third-order valence-corrected chi connectivity index (χ3v) is 6.09. The molecule has 0 atom stereocenters. The van der Waals surface area contributed by atoms with Crippen molar-refractivity contribution in [2.75, 3.05) is 19.2 Å². The van der Waals surface area contributed by atoms with Crippen molar-refractivity contribution < 1.29 is 19.0 Å². The monoisotopic (exact) mass is 416 g/mol. The maximum Gasteiger partial charge on any atom is 0.235 e. The highest BCUT2D eigenvalue weighted by atomic mass is 16.7. The SMILES string of the molecule is COc1ccc(NC(=O)C2(c3ccc4c(c3)OCO4)CC2)cc1-c1ccccc1CN. The molecule has 1 heterocycles. The van der Waals surface area contributed by atoms with Gasteiger partial charge in [-0.2, -0.15) is 0 Å². The van der Waals surface area contributed by atoms with Crippen LogP contribution in [0.3, 0.4) is 0 Å². The normalized spacial score (nSPS) is 15.4. The van der Waals surface area contributed by atoms with Crippen LogP contribution in [-0.4, -0.2) is 19.8 Å². The van der Waals surface area contributed by atoms with Crippen LogP contribution in [0.2, 0.25) is 0 Å². The average molecular weight is 416 g/mol. The van der Waals surface area contributed by atoms with E-state index in [9.17, 15) is 4.79 Å². The number of carbonyl (C=O) groups excluding carboxylic acids is 1. The number of rotatable bonds is 6. The number of hydrogen-bond donors (Lipinski definition) is 2. The molecule has 0 aromatic heterocycles. The van der Waals surface area contributed by atoms with Gasteiger partial charge in [-0.05, 0) is 59.9 Å². The molecule has 3 aromatic rings. The lowest BCUT2D eigenvalue weighted by Gasteiger charge is -2.18. The second-order valence-corrected chi connectivity index (χ2v) is 7.88. The summed E-state index contributed by atoms with van der Waals surface area (Å²) < 4.78 is 16.5. The van der Waals surface area contributed by atoms with Gasteiger partial charge in [-0.15, -0.1) is 0 Å². The minimum absolute atomic E-state index is 0.0189. The Morgan fingerprint density at radius 3 is 2.61 bits per heavy atom. The van der Waals surface area contributed by atoms with E-state index in [1.165, 1.54) is 0 Å². The molecule has 1 fully saturated rings. The van der Waals surface area contributed by atoms with Crippen LogP contribution in [0.1, 0.15) is 24.0 Å². The standard InChI is InChI=1S/C25H24N2O4/c1-29-21-9-7-18(13-20(21)19-5-3-2-4-16(19)14-26)27-24(28)25(10-11-25)17-6-8-22-23(12-17)31-15-30-22/h2-9,12-13H,10-11,14-15,26H2,1H3,(H,27,28). The zero-order valence-corrected chi connectivity index (χ0v) is 17.3. The molecule has 0 radical (unpaired) electrons. The fourth-order valence-corrected chi connectivity index (χ4v) is 4.17. The van der Waals surface area contributed by atoms with E-state index >= 15 is 0 Å². The molecule has 0 spiro atoms. The molecule has 158 valence electrons. The first-order valence-electron chi connectivity index (χ1n) is 10.3. The van der Waals surface area contributed by atoms with Gasteiger partial charge < -0.3 is 25.3 Å². The molecule has 1 aliphatic carbocycles. The van der Waals surface area contributed by atoms with Gasteiger partial charge in [0.25, 0.3) is 0 Å². The molecule has 3 N–H and O–H groups in total. The molecule has 5 rings (SSSR count). The fourth-order valence-electron chi connectivity index (χ4n) is 4.17. The van der Waals surface area contributed by atoms with Crippen LogP contribution >= 0.6 is 0 Å². The number of ether oxygens (including phenoxy) is 3. The Bertz CT molecular complexity index is 1150. The molecule has 0 bridgehead atoms. The molecule has 1 amide bonds. The predicted octanol–water partition coefficient (Wildman–Crippen LogP) is 4.22. The minimum Gasteiger partial charge on any atom is -0.496 e. The van der Waals surface area contributed by atoms with Gasteiger partial charge in [-0.3, -0.25) is 4.79 Å². The fraction of sp³-hybridized carbons (Fsp3) is 0.240. The van der Waals surface area contributed by atoms with Gasteiger partial charge in [0.05, 0.1) is 12.5 Å². The first-order chi connectivity index (χ1) is 15.1. The highest BCUT2D eigenvalue weighted by Gasteiger charge is 2.51. The van der Waals surface area contributed by atoms with Crippen molar-refractivity contribution >= 4 is 11.6 Å². The van der Waals surface area contributed by atoms with E-state index in [4.69, 9.17) is 19.9 Å². The Kier molecular flexibility index (Phi) is 4.79. The molecule has 2 aliphatic rings. The van der Waals surface area contributed by atoms with Gasteiger partial charge in [0, 0.05) is 17.8 Å². The van der Waals surface area contributed by atoms with E-state index in [0.717, 1.165) is 52.3 Å². The Balaban J connectivity index is 1.44. The molecule has 1 saturated carbocycles. The molecular weight excluding hydrogens is 392 g/mol. The maximum absolute atomic E-state index is 13.3.